The second-order valence-corrected chi connectivity index (χ2v) is 7.40. The van der Waals surface area contributed by atoms with Gasteiger partial charge in [-0.3, -0.25) is 4.99 Å². The predicted molar refractivity (Wildman–Crippen MR) is 114 cm³/mol. The Hall–Kier alpha value is -0.900. The second-order valence-electron chi connectivity index (χ2n) is 7.40. The van der Waals surface area contributed by atoms with Crippen LogP contribution in [0.4, 0.5) is 0 Å². The van der Waals surface area contributed by atoms with Gasteiger partial charge in [0.15, 0.2) is 11.8 Å². The van der Waals surface area contributed by atoms with E-state index in [4.69, 9.17) is 4.52 Å². The van der Waals surface area contributed by atoms with Crippen LogP contribution in [0.5, 0.6) is 0 Å². The number of hydrogen-bond acceptors (Lipinski definition) is 5. The van der Waals surface area contributed by atoms with Gasteiger partial charge in [-0.2, -0.15) is 4.98 Å². The van der Waals surface area contributed by atoms with Gasteiger partial charge in [0, 0.05) is 44.1 Å². The lowest BCUT2D eigenvalue weighted by molar-refractivity contribution is 0.197. The summed E-state index contributed by atoms with van der Waals surface area (Å²) in [4.78, 5) is 11.7. The summed E-state index contributed by atoms with van der Waals surface area (Å²) < 4.78 is 5.28. The third-order valence-corrected chi connectivity index (χ3v) is 4.87. The van der Waals surface area contributed by atoms with E-state index in [-0.39, 0.29) is 24.0 Å². The van der Waals surface area contributed by atoms with Crippen LogP contribution in [0.15, 0.2) is 9.52 Å². The maximum Gasteiger partial charge on any atom is 0.228 e. The number of nitrogens with one attached hydrogen (secondary N) is 2. The summed E-state index contributed by atoms with van der Waals surface area (Å²) >= 11 is 0. The van der Waals surface area contributed by atoms with Crippen molar-refractivity contribution >= 4 is 29.9 Å². The summed E-state index contributed by atoms with van der Waals surface area (Å²) in [6.07, 6.45) is 5.87. The van der Waals surface area contributed by atoms with E-state index in [1.165, 1.54) is 38.8 Å². The zero-order valence-corrected chi connectivity index (χ0v) is 18.5. The topological polar surface area (TPSA) is 78.6 Å². The molecule has 2 heterocycles. The van der Waals surface area contributed by atoms with E-state index in [1.54, 1.807) is 0 Å². The molecule has 0 radical (unpaired) electrons. The van der Waals surface area contributed by atoms with E-state index < -0.39 is 0 Å². The molecular weight excluding hydrogens is 443 g/mol. The highest BCUT2D eigenvalue weighted by molar-refractivity contribution is 14.0. The molecule has 1 aromatic heterocycles. The first-order valence-electron chi connectivity index (χ1n) is 9.77. The van der Waals surface area contributed by atoms with Crippen molar-refractivity contribution in [3.05, 3.63) is 11.7 Å². The Bertz CT molecular complexity index is 564. The Balaban J connectivity index is 0.00000243. The fourth-order valence-electron chi connectivity index (χ4n) is 3.23. The lowest BCUT2D eigenvalue weighted by Gasteiger charge is -2.33. The Morgan fingerprint density at radius 2 is 2.00 bits per heavy atom. The standard InChI is InChI=1S/C18H32N6O.HI/c1-4-19-18(20-10-7-16-22-17(13(2)3)23-25-16)21-14-8-11-24(12-9-14)15-5-6-15;/h13-15H,4-12H2,1-3H3,(H2,19,20,21);1H. The third kappa shape index (κ3) is 6.37. The Morgan fingerprint density at radius 1 is 1.27 bits per heavy atom. The number of guanidine groups is 1. The van der Waals surface area contributed by atoms with Crippen LogP contribution in [0.25, 0.3) is 0 Å². The molecule has 1 saturated carbocycles. The predicted octanol–water partition coefficient (Wildman–Crippen LogP) is 2.54. The molecule has 2 aliphatic rings. The van der Waals surface area contributed by atoms with Gasteiger partial charge in [0.25, 0.3) is 0 Å². The molecular formula is C18H33IN6O. The summed E-state index contributed by atoms with van der Waals surface area (Å²) in [5.41, 5.74) is 0. The van der Waals surface area contributed by atoms with Crippen molar-refractivity contribution in [3.8, 4) is 0 Å². The summed E-state index contributed by atoms with van der Waals surface area (Å²) in [6.45, 7) is 10.2. The van der Waals surface area contributed by atoms with E-state index in [2.05, 4.69) is 51.4 Å². The quantitative estimate of drug-likeness (QED) is 0.358. The number of piperidine rings is 1. The van der Waals surface area contributed by atoms with E-state index in [0.29, 0.717) is 30.8 Å². The number of aromatic nitrogens is 2. The average molecular weight is 476 g/mol. The van der Waals surface area contributed by atoms with Gasteiger partial charge in [0.1, 0.15) is 0 Å². The lowest BCUT2D eigenvalue weighted by Crippen LogP contribution is -2.49. The third-order valence-electron chi connectivity index (χ3n) is 4.87. The van der Waals surface area contributed by atoms with Gasteiger partial charge >= 0.3 is 0 Å². The largest absolute Gasteiger partial charge is 0.357 e. The van der Waals surface area contributed by atoms with Crippen molar-refractivity contribution in [1.29, 1.82) is 0 Å². The molecule has 2 N–H and O–H groups in total. The molecule has 148 valence electrons. The molecule has 0 amide bonds. The number of halogens is 1. The lowest BCUT2D eigenvalue weighted by atomic mass is 10.1. The van der Waals surface area contributed by atoms with Crippen LogP contribution in [-0.2, 0) is 6.42 Å². The number of hydrogen-bond donors (Lipinski definition) is 2. The Morgan fingerprint density at radius 3 is 2.58 bits per heavy atom. The van der Waals surface area contributed by atoms with Crippen LogP contribution < -0.4 is 10.6 Å². The first kappa shape index (κ1) is 21.4. The van der Waals surface area contributed by atoms with Gasteiger partial charge in [0.05, 0.1) is 6.54 Å². The minimum atomic E-state index is 0. The van der Waals surface area contributed by atoms with Crippen molar-refractivity contribution in [2.45, 2.75) is 70.9 Å². The highest BCUT2D eigenvalue weighted by Crippen LogP contribution is 2.29. The normalized spacial score (nSPS) is 19.5. The van der Waals surface area contributed by atoms with Gasteiger partial charge in [-0.15, -0.1) is 24.0 Å². The van der Waals surface area contributed by atoms with Crippen molar-refractivity contribution < 1.29 is 4.52 Å². The fourth-order valence-corrected chi connectivity index (χ4v) is 3.23. The molecule has 1 saturated heterocycles. The summed E-state index contributed by atoms with van der Waals surface area (Å²) in [7, 11) is 0. The van der Waals surface area contributed by atoms with Crippen molar-refractivity contribution in [2.24, 2.45) is 4.99 Å². The first-order chi connectivity index (χ1) is 12.2. The smallest absolute Gasteiger partial charge is 0.228 e. The highest BCUT2D eigenvalue weighted by Gasteiger charge is 2.31. The van der Waals surface area contributed by atoms with Crippen LogP contribution in [0.1, 0.15) is 64.1 Å². The summed E-state index contributed by atoms with van der Waals surface area (Å²) in [5.74, 6) is 2.63. The van der Waals surface area contributed by atoms with Crippen molar-refractivity contribution in [1.82, 2.24) is 25.7 Å². The highest BCUT2D eigenvalue weighted by atomic mass is 127. The van der Waals surface area contributed by atoms with E-state index in [1.807, 2.05) is 0 Å². The second kappa shape index (κ2) is 10.4. The fraction of sp³-hybridized carbons (Fsp3) is 0.833. The SMILES string of the molecule is CCNC(=NCCc1nc(C(C)C)no1)NC1CCN(C2CC2)CC1.I. The summed E-state index contributed by atoms with van der Waals surface area (Å²) in [6, 6.07) is 1.40. The minimum absolute atomic E-state index is 0. The van der Waals surface area contributed by atoms with E-state index >= 15 is 0 Å². The zero-order valence-electron chi connectivity index (χ0n) is 16.2. The zero-order chi connectivity index (χ0) is 17.6. The maximum atomic E-state index is 5.28. The monoisotopic (exact) mass is 476 g/mol. The van der Waals surface area contributed by atoms with Crippen molar-refractivity contribution in [3.63, 3.8) is 0 Å². The Labute approximate surface area is 173 Å². The molecule has 7 nitrogen and oxygen atoms in total. The van der Waals surface area contributed by atoms with Gasteiger partial charge < -0.3 is 20.1 Å². The molecule has 0 unspecified atom stereocenters. The average Bonchev–Trinajstić information content (AvgIpc) is 3.34. The molecule has 1 aromatic rings. The minimum Gasteiger partial charge on any atom is -0.357 e. The van der Waals surface area contributed by atoms with E-state index in [0.717, 1.165) is 24.4 Å². The van der Waals surface area contributed by atoms with Crippen molar-refractivity contribution in [2.75, 3.05) is 26.2 Å². The van der Waals surface area contributed by atoms with Crippen LogP contribution in [0.3, 0.4) is 0 Å². The van der Waals surface area contributed by atoms with E-state index in [9.17, 15) is 0 Å². The molecule has 3 rings (SSSR count). The number of likely N-dealkylation sites (tertiary alicyclic amines) is 1. The number of rotatable bonds is 7. The molecule has 1 aliphatic carbocycles. The van der Waals surface area contributed by atoms with Gasteiger partial charge in [0.2, 0.25) is 5.89 Å². The Kier molecular flexibility index (Phi) is 8.59. The molecule has 0 spiro atoms. The number of aliphatic imine (C=N–C) groups is 1. The molecule has 26 heavy (non-hydrogen) atoms. The molecule has 0 aromatic carbocycles. The molecule has 1 aliphatic heterocycles. The van der Waals surface area contributed by atoms with Crippen LogP contribution in [0, 0.1) is 0 Å². The van der Waals surface area contributed by atoms with Gasteiger partial charge in [-0.1, -0.05) is 19.0 Å². The van der Waals surface area contributed by atoms with Gasteiger partial charge in [-0.05, 0) is 32.6 Å². The maximum absolute atomic E-state index is 5.28. The molecule has 0 bridgehead atoms. The molecule has 2 fully saturated rings. The molecule has 0 atom stereocenters. The van der Waals surface area contributed by atoms with Crippen LogP contribution in [0.2, 0.25) is 0 Å². The van der Waals surface area contributed by atoms with Crippen LogP contribution >= 0.6 is 24.0 Å². The van der Waals surface area contributed by atoms with Crippen LogP contribution in [-0.4, -0.2) is 59.3 Å². The first-order valence-corrected chi connectivity index (χ1v) is 9.77. The summed E-state index contributed by atoms with van der Waals surface area (Å²) in [5, 5.41) is 10.9. The van der Waals surface area contributed by atoms with Gasteiger partial charge in [-0.25, -0.2) is 0 Å². The number of nitrogens with zero attached hydrogens (tertiary/aromatic N) is 4. The molecule has 8 heteroatoms.